The molecule has 0 fully saturated rings. The predicted octanol–water partition coefficient (Wildman–Crippen LogP) is 3.51. The zero-order valence-corrected chi connectivity index (χ0v) is 15.7. The van der Waals surface area contributed by atoms with Gasteiger partial charge in [0, 0.05) is 35.3 Å². The fraction of sp³-hybridized carbons (Fsp3) is 0.647. The van der Waals surface area contributed by atoms with E-state index in [9.17, 15) is 0 Å². The molecule has 0 aromatic heterocycles. The fourth-order valence-corrected chi connectivity index (χ4v) is 3.18. The first-order valence-corrected chi connectivity index (χ1v) is 8.63. The molecule has 0 heterocycles. The topological polar surface area (TPSA) is 32.5 Å². The average Bonchev–Trinajstić information content (AvgIpc) is 2.40. The Kier molecular flexibility index (Phi) is 7.71. The van der Waals surface area contributed by atoms with E-state index in [1.807, 2.05) is 0 Å². The van der Waals surface area contributed by atoms with Gasteiger partial charge in [-0.2, -0.15) is 0 Å². The van der Waals surface area contributed by atoms with E-state index in [0.717, 1.165) is 30.4 Å². The molecule has 0 aliphatic heterocycles. The molecule has 0 aliphatic rings. The van der Waals surface area contributed by atoms with E-state index in [4.69, 9.17) is 5.73 Å². The number of benzene rings is 1. The summed E-state index contributed by atoms with van der Waals surface area (Å²) >= 11 is 3.59. The second kappa shape index (κ2) is 8.76. The molecule has 3 nitrogen and oxygen atoms in total. The lowest BCUT2D eigenvalue weighted by Gasteiger charge is -2.34. The summed E-state index contributed by atoms with van der Waals surface area (Å²) in [5.41, 5.74) is 8.84. The first-order valence-electron chi connectivity index (χ1n) is 7.84. The minimum atomic E-state index is 0.223. The van der Waals surface area contributed by atoms with Crippen LogP contribution < -0.4 is 10.6 Å². The van der Waals surface area contributed by atoms with Crippen LogP contribution in [0.5, 0.6) is 0 Å². The zero-order valence-electron chi connectivity index (χ0n) is 14.1. The number of rotatable bonds is 8. The minimum Gasteiger partial charge on any atom is -0.368 e. The Balaban J connectivity index is 3.07. The third-order valence-corrected chi connectivity index (χ3v) is 4.35. The van der Waals surface area contributed by atoms with Crippen LogP contribution in [0.1, 0.15) is 32.8 Å². The molecule has 0 saturated heterocycles. The van der Waals surface area contributed by atoms with Gasteiger partial charge in [0.15, 0.2) is 0 Å². The monoisotopic (exact) mass is 355 g/mol. The molecule has 2 N–H and O–H groups in total. The molecule has 1 aromatic rings. The fourth-order valence-electron chi connectivity index (χ4n) is 2.77. The molecule has 120 valence electrons. The molecule has 1 aromatic carbocycles. The Bertz CT molecular complexity index is 434. The smallest absolute Gasteiger partial charge is 0.0402 e. The SMILES string of the molecule is CCC(N)Cc1cc(Br)ccc1N(CC)C(C)CN(C)C. The van der Waals surface area contributed by atoms with E-state index >= 15 is 0 Å². The van der Waals surface area contributed by atoms with Crippen LogP contribution in [0, 0.1) is 0 Å². The van der Waals surface area contributed by atoms with Gasteiger partial charge in [0.1, 0.15) is 0 Å². The molecular formula is C17H30BrN3. The lowest BCUT2D eigenvalue weighted by molar-refractivity contribution is 0.372. The summed E-state index contributed by atoms with van der Waals surface area (Å²) in [4.78, 5) is 4.72. The van der Waals surface area contributed by atoms with Gasteiger partial charge < -0.3 is 15.5 Å². The Morgan fingerprint density at radius 2 is 1.90 bits per heavy atom. The molecule has 2 unspecified atom stereocenters. The van der Waals surface area contributed by atoms with Crippen molar-refractivity contribution in [3.63, 3.8) is 0 Å². The Morgan fingerprint density at radius 3 is 2.43 bits per heavy atom. The van der Waals surface area contributed by atoms with Crippen LogP contribution in [0.2, 0.25) is 0 Å². The van der Waals surface area contributed by atoms with Crippen molar-refractivity contribution in [2.45, 2.75) is 45.7 Å². The van der Waals surface area contributed by atoms with Gasteiger partial charge in [-0.05, 0) is 64.5 Å². The maximum atomic E-state index is 6.18. The van der Waals surface area contributed by atoms with Crippen molar-refractivity contribution in [1.82, 2.24) is 4.90 Å². The van der Waals surface area contributed by atoms with Gasteiger partial charge in [0.25, 0.3) is 0 Å². The van der Waals surface area contributed by atoms with Crippen LogP contribution in [-0.4, -0.2) is 44.2 Å². The summed E-state index contributed by atoms with van der Waals surface area (Å²) in [6.07, 6.45) is 1.93. The van der Waals surface area contributed by atoms with Crippen molar-refractivity contribution in [2.24, 2.45) is 5.73 Å². The third kappa shape index (κ3) is 5.61. The summed E-state index contributed by atoms with van der Waals surface area (Å²) < 4.78 is 1.13. The minimum absolute atomic E-state index is 0.223. The van der Waals surface area contributed by atoms with E-state index in [1.54, 1.807) is 0 Å². The first-order chi connectivity index (χ1) is 9.88. The highest BCUT2D eigenvalue weighted by Crippen LogP contribution is 2.27. The van der Waals surface area contributed by atoms with Crippen LogP contribution in [0.25, 0.3) is 0 Å². The third-order valence-electron chi connectivity index (χ3n) is 3.86. The normalized spacial score (nSPS) is 14.3. The maximum absolute atomic E-state index is 6.18. The number of hydrogen-bond donors (Lipinski definition) is 1. The number of anilines is 1. The van der Waals surface area contributed by atoms with Crippen LogP contribution >= 0.6 is 15.9 Å². The first kappa shape index (κ1) is 18.5. The molecule has 0 aliphatic carbocycles. The van der Waals surface area contributed by atoms with Crippen molar-refractivity contribution in [3.8, 4) is 0 Å². The van der Waals surface area contributed by atoms with Gasteiger partial charge in [-0.25, -0.2) is 0 Å². The average molecular weight is 356 g/mol. The molecule has 1 rings (SSSR count). The van der Waals surface area contributed by atoms with E-state index in [-0.39, 0.29) is 6.04 Å². The van der Waals surface area contributed by atoms with Gasteiger partial charge in [0.05, 0.1) is 0 Å². The molecule has 0 radical (unpaired) electrons. The number of nitrogens with two attached hydrogens (primary N) is 1. The highest BCUT2D eigenvalue weighted by atomic mass is 79.9. The van der Waals surface area contributed by atoms with Crippen molar-refractivity contribution in [1.29, 1.82) is 0 Å². The van der Waals surface area contributed by atoms with E-state index in [1.165, 1.54) is 11.3 Å². The van der Waals surface area contributed by atoms with Crippen molar-refractivity contribution < 1.29 is 0 Å². The van der Waals surface area contributed by atoms with Crippen molar-refractivity contribution >= 4 is 21.6 Å². The quantitative estimate of drug-likeness (QED) is 0.774. The summed E-state index contributed by atoms with van der Waals surface area (Å²) in [6, 6.07) is 7.26. The zero-order chi connectivity index (χ0) is 16.0. The molecular weight excluding hydrogens is 326 g/mol. The number of likely N-dealkylation sites (N-methyl/N-ethyl adjacent to an activating group) is 2. The van der Waals surface area contributed by atoms with Crippen LogP contribution in [0.3, 0.4) is 0 Å². The molecule has 0 bridgehead atoms. The van der Waals surface area contributed by atoms with Gasteiger partial charge in [-0.1, -0.05) is 22.9 Å². The van der Waals surface area contributed by atoms with Gasteiger partial charge >= 0.3 is 0 Å². The van der Waals surface area contributed by atoms with Gasteiger partial charge in [-0.15, -0.1) is 0 Å². The lowest BCUT2D eigenvalue weighted by atomic mass is 10.0. The van der Waals surface area contributed by atoms with E-state index in [2.05, 4.69) is 78.8 Å². The highest BCUT2D eigenvalue weighted by Gasteiger charge is 2.18. The van der Waals surface area contributed by atoms with E-state index < -0.39 is 0 Å². The van der Waals surface area contributed by atoms with Crippen LogP contribution in [-0.2, 0) is 6.42 Å². The summed E-state index contributed by atoms with van der Waals surface area (Å²) in [5, 5.41) is 0. The Labute approximate surface area is 138 Å². The lowest BCUT2D eigenvalue weighted by Crippen LogP contribution is -2.40. The predicted molar refractivity (Wildman–Crippen MR) is 97.1 cm³/mol. The second-order valence-electron chi connectivity index (χ2n) is 6.04. The number of nitrogens with zero attached hydrogens (tertiary/aromatic N) is 2. The van der Waals surface area contributed by atoms with Crippen molar-refractivity contribution in [3.05, 3.63) is 28.2 Å². The molecule has 0 spiro atoms. The molecule has 4 heteroatoms. The van der Waals surface area contributed by atoms with Gasteiger partial charge in [0.2, 0.25) is 0 Å². The number of halogens is 1. The maximum Gasteiger partial charge on any atom is 0.0402 e. The van der Waals surface area contributed by atoms with Crippen LogP contribution in [0.15, 0.2) is 22.7 Å². The molecule has 2 atom stereocenters. The highest BCUT2D eigenvalue weighted by molar-refractivity contribution is 9.10. The number of hydrogen-bond acceptors (Lipinski definition) is 3. The van der Waals surface area contributed by atoms with Crippen molar-refractivity contribution in [2.75, 3.05) is 32.1 Å². The van der Waals surface area contributed by atoms with Crippen LogP contribution in [0.4, 0.5) is 5.69 Å². The van der Waals surface area contributed by atoms with E-state index in [0.29, 0.717) is 6.04 Å². The summed E-state index contributed by atoms with van der Waals surface area (Å²) in [5.74, 6) is 0. The molecule has 21 heavy (non-hydrogen) atoms. The second-order valence-corrected chi connectivity index (χ2v) is 6.96. The Hall–Kier alpha value is -0.580. The molecule has 0 saturated carbocycles. The van der Waals surface area contributed by atoms with Gasteiger partial charge in [-0.3, -0.25) is 0 Å². The standard InChI is InChI=1S/C17H30BrN3/c1-6-16(19)11-14-10-15(18)8-9-17(14)21(7-2)13(3)12-20(4)5/h8-10,13,16H,6-7,11-12,19H2,1-5H3. The molecule has 0 amide bonds. The largest absolute Gasteiger partial charge is 0.368 e. The summed E-state index contributed by atoms with van der Waals surface area (Å²) in [7, 11) is 4.25. The summed E-state index contributed by atoms with van der Waals surface area (Å²) in [6.45, 7) is 8.70. The Morgan fingerprint density at radius 1 is 1.24 bits per heavy atom.